The van der Waals surface area contributed by atoms with E-state index in [-0.39, 0.29) is 11.9 Å². The van der Waals surface area contributed by atoms with Crippen LogP contribution in [0, 0.1) is 5.82 Å². The van der Waals surface area contributed by atoms with Crippen molar-refractivity contribution in [3.8, 4) is 5.75 Å². The van der Waals surface area contributed by atoms with Gasteiger partial charge in [0, 0.05) is 23.9 Å². The second-order valence-corrected chi connectivity index (χ2v) is 5.43. The van der Waals surface area contributed by atoms with Gasteiger partial charge in [0.05, 0.1) is 18.5 Å². The van der Waals surface area contributed by atoms with Gasteiger partial charge in [0.25, 0.3) is 0 Å². The number of halogens is 1. The Morgan fingerprint density at radius 3 is 2.76 bits per heavy atom. The summed E-state index contributed by atoms with van der Waals surface area (Å²) in [4.78, 5) is 2.04. The maximum Gasteiger partial charge on any atom is 0.149 e. The molecule has 4 heteroatoms. The van der Waals surface area contributed by atoms with Crippen LogP contribution in [0.3, 0.4) is 0 Å². The summed E-state index contributed by atoms with van der Waals surface area (Å²) in [5.41, 5.74) is 8.91. The van der Waals surface area contributed by atoms with Crippen molar-refractivity contribution in [1.82, 2.24) is 0 Å². The van der Waals surface area contributed by atoms with Crippen molar-refractivity contribution in [3.05, 3.63) is 47.8 Å². The first-order valence-electron chi connectivity index (χ1n) is 7.12. The monoisotopic (exact) mass is 286 g/mol. The molecule has 0 aromatic heterocycles. The van der Waals surface area contributed by atoms with E-state index in [9.17, 15) is 4.39 Å². The van der Waals surface area contributed by atoms with Gasteiger partial charge in [-0.1, -0.05) is 18.2 Å². The lowest BCUT2D eigenvalue weighted by atomic mass is 9.96. The van der Waals surface area contributed by atoms with Crippen LogP contribution in [-0.2, 0) is 6.42 Å². The van der Waals surface area contributed by atoms with Gasteiger partial charge < -0.3 is 15.4 Å². The van der Waals surface area contributed by atoms with Gasteiger partial charge in [0.15, 0.2) is 0 Å². The van der Waals surface area contributed by atoms with E-state index in [1.807, 2.05) is 23.1 Å². The minimum atomic E-state index is -0.322. The number of rotatable bonds is 2. The van der Waals surface area contributed by atoms with E-state index in [0.29, 0.717) is 17.1 Å². The molecule has 0 fully saturated rings. The maximum absolute atomic E-state index is 14.4. The number of ether oxygens (including phenoxy) is 1. The third kappa shape index (κ3) is 2.31. The lowest BCUT2D eigenvalue weighted by Crippen LogP contribution is -2.33. The first-order chi connectivity index (χ1) is 10.1. The van der Waals surface area contributed by atoms with Crippen LogP contribution in [0.2, 0.25) is 0 Å². The highest BCUT2D eigenvalue weighted by Crippen LogP contribution is 2.40. The van der Waals surface area contributed by atoms with Crippen molar-refractivity contribution in [2.24, 2.45) is 0 Å². The Bertz CT molecular complexity index is 672. The molecule has 21 heavy (non-hydrogen) atoms. The highest BCUT2D eigenvalue weighted by atomic mass is 19.1. The molecule has 2 aromatic rings. The van der Waals surface area contributed by atoms with Crippen molar-refractivity contribution in [3.63, 3.8) is 0 Å². The number of nitrogens with two attached hydrogens (primary N) is 1. The van der Waals surface area contributed by atoms with Gasteiger partial charge in [-0.3, -0.25) is 0 Å². The molecule has 2 aromatic carbocycles. The Labute approximate surface area is 124 Å². The molecule has 1 atom stereocenters. The van der Waals surface area contributed by atoms with Crippen LogP contribution in [0.4, 0.5) is 21.5 Å². The van der Waals surface area contributed by atoms with Crippen molar-refractivity contribution in [2.75, 3.05) is 17.7 Å². The number of hydrogen-bond donors (Lipinski definition) is 1. The van der Waals surface area contributed by atoms with Crippen molar-refractivity contribution in [2.45, 2.75) is 25.8 Å². The molecule has 3 nitrogen and oxygen atoms in total. The number of para-hydroxylation sites is 1. The normalized spacial score (nSPS) is 17.5. The summed E-state index contributed by atoms with van der Waals surface area (Å²) < 4.78 is 19.7. The topological polar surface area (TPSA) is 38.5 Å². The molecule has 0 bridgehead atoms. The fraction of sp³-hybridized carbons (Fsp3) is 0.294. The number of nitrogen functional groups attached to an aromatic ring is 1. The Morgan fingerprint density at radius 1 is 1.24 bits per heavy atom. The quantitative estimate of drug-likeness (QED) is 0.851. The van der Waals surface area contributed by atoms with Crippen molar-refractivity contribution < 1.29 is 9.13 Å². The van der Waals surface area contributed by atoms with Crippen LogP contribution in [0.25, 0.3) is 0 Å². The maximum atomic E-state index is 14.4. The molecule has 0 amide bonds. The number of nitrogens with zero attached hydrogens (tertiary/aromatic N) is 1. The molecule has 1 aliphatic rings. The molecular weight excluding hydrogens is 267 g/mol. The molecular formula is C17H19FN2O. The van der Waals surface area contributed by atoms with E-state index in [4.69, 9.17) is 10.5 Å². The lowest BCUT2D eigenvalue weighted by molar-refractivity contribution is 0.416. The third-order valence-corrected chi connectivity index (χ3v) is 4.08. The van der Waals surface area contributed by atoms with Crippen LogP contribution >= 0.6 is 0 Å². The summed E-state index contributed by atoms with van der Waals surface area (Å²) in [6.45, 7) is 2.11. The number of benzene rings is 2. The Hall–Kier alpha value is -2.23. The van der Waals surface area contributed by atoms with E-state index in [1.54, 1.807) is 13.2 Å². The minimum absolute atomic E-state index is 0.225. The highest BCUT2D eigenvalue weighted by Gasteiger charge is 2.26. The molecule has 0 spiro atoms. The summed E-state index contributed by atoms with van der Waals surface area (Å²) in [5, 5.41) is 0. The summed E-state index contributed by atoms with van der Waals surface area (Å²) in [5.74, 6) is 0.179. The second kappa shape index (κ2) is 5.28. The minimum Gasteiger partial charge on any atom is -0.495 e. The molecule has 2 N–H and O–H groups in total. The number of methoxy groups -OCH3 is 1. The number of anilines is 3. The van der Waals surface area contributed by atoms with Crippen LogP contribution in [0.5, 0.6) is 5.75 Å². The largest absolute Gasteiger partial charge is 0.495 e. The van der Waals surface area contributed by atoms with Crippen molar-refractivity contribution in [1.29, 1.82) is 0 Å². The van der Waals surface area contributed by atoms with Gasteiger partial charge in [0.2, 0.25) is 0 Å². The summed E-state index contributed by atoms with van der Waals surface area (Å²) >= 11 is 0. The van der Waals surface area contributed by atoms with Gasteiger partial charge >= 0.3 is 0 Å². The van der Waals surface area contributed by atoms with E-state index in [2.05, 4.69) is 13.0 Å². The number of hydrogen-bond acceptors (Lipinski definition) is 3. The summed E-state index contributed by atoms with van der Waals surface area (Å²) in [7, 11) is 1.54. The smallest absolute Gasteiger partial charge is 0.149 e. The van der Waals surface area contributed by atoms with Crippen LogP contribution in [0.1, 0.15) is 18.9 Å². The van der Waals surface area contributed by atoms with E-state index >= 15 is 0 Å². The standard InChI is InChI=1S/C17H19FN2O/c1-11-7-8-12-5-3-4-6-15(12)20(11)16-10-17(21-2)14(19)9-13(16)18/h3-6,9-11H,7-8,19H2,1-2H3. The van der Waals surface area contributed by atoms with Crippen LogP contribution < -0.4 is 15.4 Å². The molecule has 0 radical (unpaired) electrons. The summed E-state index contributed by atoms with van der Waals surface area (Å²) in [6, 6.07) is 11.4. The predicted octanol–water partition coefficient (Wildman–Crippen LogP) is 3.89. The zero-order valence-corrected chi connectivity index (χ0v) is 12.3. The molecule has 1 unspecified atom stereocenters. The fourth-order valence-corrected chi connectivity index (χ4v) is 2.97. The van der Waals surface area contributed by atoms with Gasteiger partial charge in [-0.25, -0.2) is 4.39 Å². The SMILES string of the molecule is COc1cc(N2c3ccccc3CCC2C)c(F)cc1N. The first-order valence-corrected chi connectivity index (χ1v) is 7.12. The van der Waals surface area contributed by atoms with E-state index in [1.165, 1.54) is 11.6 Å². The fourth-order valence-electron chi connectivity index (χ4n) is 2.97. The third-order valence-electron chi connectivity index (χ3n) is 4.08. The average molecular weight is 286 g/mol. The number of fused-ring (bicyclic) bond motifs is 1. The Morgan fingerprint density at radius 2 is 2.00 bits per heavy atom. The first kappa shape index (κ1) is 13.7. The molecule has 3 rings (SSSR count). The van der Waals surface area contributed by atoms with E-state index in [0.717, 1.165) is 18.5 Å². The molecule has 0 saturated heterocycles. The predicted molar refractivity (Wildman–Crippen MR) is 83.7 cm³/mol. The highest BCUT2D eigenvalue weighted by molar-refractivity contribution is 5.73. The van der Waals surface area contributed by atoms with Crippen molar-refractivity contribution >= 4 is 17.1 Å². The zero-order valence-electron chi connectivity index (χ0n) is 12.3. The second-order valence-electron chi connectivity index (χ2n) is 5.43. The molecule has 0 saturated carbocycles. The molecule has 110 valence electrons. The van der Waals surface area contributed by atoms with E-state index < -0.39 is 0 Å². The van der Waals surface area contributed by atoms with Crippen LogP contribution in [0.15, 0.2) is 36.4 Å². The lowest BCUT2D eigenvalue weighted by Gasteiger charge is -2.37. The Kier molecular flexibility index (Phi) is 3.45. The zero-order chi connectivity index (χ0) is 15.0. The van der Waals surface area contributed by atoms with Gasteiger partial charge in [0.1, 0.15) is 11.6 Å². The van der Waals surface area contributed by atoms with Crippen LogP contribution in [-0.4, -0.2) is 13.2 Å². The van der Waals surface area contributed by atoms with Gasteiger partial charge in [-0.15, -0.1) is 0 Å². The molecule has 1 aliphatic heterocycles. The van der Waals surface area contributed by atoms with Gasteiger partial charge in [-0.05, 0) is 31.4 Å². The number of aryl methyl sites for hydroxylation is 1. The van der Waals surface area contributed by atoms with Gasteiger partial charge in [-0.2, -0.15) is 0 Å². The summed E-state index contributed by atoms with van der Waals surface area (Å²) in [6.07, 6.45) is 2.00. The molecule has 0 aliphatic carbocycles. The molecule has 1 heterocycles. The average Bonchev–Trinajstić information content (AvgIpc) is 2.48. The Balaban J connectivity index is 2.15.